The van der Waals surface area contributed by atoms with E-state index in [0.29, 0.717) is 40.5 Å². The van der Waals surface area contributed by atoms with Crippen molar-refractivity contribution in [2.45, 2.75) is 32.7 Å². The molecular formula is C31H31NO7. The molecule has 202 valence electrons. The molecule has 0 bridgehead atoms. The zero-order valence-corrected chi connectivity index (χ0v) is 22.6. The number of aliphatic hydroxyl groups excluding tert-OH is 1. The van der Waals surface area contributed by atoms with Crippen LogP contribution in [0.1, 0.15) is 59.8 Å². The number of methoxy groups -OCH3 is 2. The van der Waals surface area contributed by atoms with Crippen LogP contribution in [0.3, 0.4) is 0 Å². The summed E-state index contributed by atoms with van der Waals surface area (Å²) in [5, 5.41) is 11.6. The van der Waals surface area contributed by atoms with E-state index in [1.54, 1.807) is 54.6 Å². The van der Waals surface area contributed by atoms with Crippen LogP contribution in [0.4, 0.5) is 5.69 Å². The zero-order chi connectivity index (χ0) is 28.3. The lowest BCUT2D eigenvalue weighted by molar-refractivity contribution is -0.132. The maximum absolute atomic E-state index is 13.5. The van der Waals surface area contributed by atoms with Crippen LogP contribution in [-0.2, 0) is 14.3 Å². The first-order chi connectivity index (χ1) is 18.7. The van der Waals surface area contributed by atoms with Gasteiger partial charge < -0.3 is 19.3 Å². The molecule has 0 radical (unpaired) electrons. The van der Waals surface area contributed by atoms with Crippen molar-refractivity contribution in [3.63, 3.8) is 0 Å². The van der Waals surface area contributed by atoms with Crippen molar-refractivity contribution in [1.29, 1.82) is 0 Å². The topological polar surface area (TPSA) is 102 Å². The van der Waals surface area contributed by atoms with E-state index in [9.17, 15) is 19.5 Å². The van der Waals surface area contributed by atoms with Gasteiger partial charge in [0.2, 0.25) is 0 Å². The van der Waals surface area contributed by atoms with Crippen LogP contribution in [0.15, 0.2) is 72.3 Å². The lowest BCUT2D eigenvalue weighted by Gasteiger charge is -2.27. The summed E-state index contributed by atoms with van der Waals surface area (Å²) in [5.74, 6) is -1.25. The summed E-state index contributed by atoms with van der Waals surface area (Å²) in [4.78, 5) is 40.3. The number of rotatable bonds is 8. The van der Waals surface area contributed by atoms with Gasteiger partial charge in [-0.05, 0) is 66.9 Å². The third-order valence-corrected chi connectivity index (χ3v) is 6.65. The third-order valence-electron chi connectivity index (χ3n) is 6.65. The Morgan fingerprint density at radius 2 is 1.62 bits per heavy atom. The predicted octanol–water partition coefficient (Wildman–Crippen LogP) is 5.63. The molecule has 0 aromatic heterocycles. The molecule has 3 aromatic carbocycles. The summed E-state index contributed by atoms with van der Waals surface area (Å²) < 4.78 is 16.1. The number of amides is 1. The number of benzene rings is 3. The van der Waals surface area contributed by atoms with Crippen LogP contribution >= 0.6 is 0 Å². The highest BCUT2D eigenvalue weighted by Gasteiger charge is 2.48. The third kappa shape index (κ3) is 5.10. The van der Waals surface area contributed by atoms with E-state index < -0.39 is 23.7 Å². The summed E-state index contributed by atoms with van der Waals surface area (Å²) in [6.07, 6.45) is 0. The van der Waals surface area contributed by atoms with E-state index in [2.05, 4.69) is 0 Å². The van der Waals surface area contributed by atoms with Gasteiger partial charge in [-0.15, -0.1) is 0 Å². The minimum Gasteiger partial charge on any atom is -0.507 e. The highest BCUT2D eigenvalue weighted by Crippen LogP contribution is 2.45. The second kappa shape index (κ2) is 11.4. The quantitative estimate of drug-likeness (QED) is 0.175. The minimum atomic E-state index is -0.987. The molecule has 1 aliphatic rings. The molecule has 1 unspecified atom stereocenters. The van der Waals surface area contributed by atoms with Crippen LogP contribution in [-0.4, -0.2) is 43.6 Å². The van der Waals surface area contributed by atoms with Gasteiger partial charge in [0.25, 0.3) is 11.7 Å². The Morgan fingerprint density at radius 3 is 2.23 bits per heavy atom. The smallest absolute Gasteiger partial charge is 0.337 e. The van der Waals surface area contributed by atoms with Gasteiger partial charge in [0.15, 0.2) is 0 Å². The van der Waals surface area contributed by atoms with Crippen LogP contribution in [0.2, 0.25) is 0 Å². The molecule has 1 N–H and O–H groups in total. The highest BCUT2D eigenvalue weighted by molar-refractivity contribution is 6.51. The Labute approximate surface area is 227 Å². The number of aliphatic hydroxyl groups is 1. The zero-order valence-electron chi connectivity index (χ0n) is 22.6. The van der Waals surface area contributed by atoms with Crippen molar-refractivity contribution < 1.29 is 33.7 Å². The number of nitrogens with zero attached hydrogens (tertiary/aromatic N) is 1. The van der Waals surface area contributed by atoms with Crippen molar-refractivity contribution in [2.75, 3.05) is 25.7 Å². The summed E-state index contributed by atoms with van der Waals surface area (Å²) >= 11 is 0. The van der Waals surface area contributed by atoms with Crippen LogP contribution < -0.4 is 14.4 Å². The number of carbonyl (C=O) groups excluding carboxylic acids is 3. The predicted molar refractivity (Wildman–Crippen MR) is 147 cm³/mol. The molecule has 1 amide bonds. The van der Waals surface area contributed by atoms with Crippen molar-refractivity contribution in [2.24, 2.45) is 0 Å². The molecule has 1 aliphatic heterocycles. The largest absolute Gasteiger partial charge is 0.507 e. The maximum atomic E-state index is 13.5. The molecule has 1 saturated heterocycles. The first-order valence-electron chi connectivity index (χ1n) is 12.6. The Bertz CT molecular complexity index is 1440. The van der Waals surface area contributed by atoms with E-state index in [1.165, 1.54) is 31.3 Å². The van der Waals surface area contributed by atoms with Crippen molar-refractivity contribution in [3.05, 3.63) is 94.6 Å². The fourth-order valence-corrected chi connectivity index (χ4v) is 4.75. The Balaban J connectivity index is 1.93. The van der Waals surface area contributed by atoms with Gasteiger partial charge in [-0.25, -0.2) is 4.79 Å². The molecule has 4 rings (SSSR count). The number of Topliss-reactive ketones (excluding diaryl/α,β-unsaturated/α-hetero) is 1. The fourth-order valence-electron chi connectivity index (χ4n) is 4.75. The van der Waals surface area contributed by atoms with E-state index >= 15 is 0 Å². The van der Waals surface area contributed by atoms with Gasteiger partial charge in [-0.1, -0.05) is 32.0 Å². The molecule has 1 atom stereocenters. The second-order valence-electron chi connectivity index (χ2n) is 9.29. The Kier molecular flexibility index (Phi) is 8.04. The average molecular weight is 530 g/mol. The molecule has 8 heteroatoms. The van der Waals surface area contributed by atoms with Gasteiger partial charge >= 0.3 is 5.97 Å². The van der Waals surface area contributed by atoms with Gasteiger partial charge in [-0.3, -0.25) is 14.5 Å². The average Bonchev–Trinajstić information content (AvgIpc) is 3.22. The normalized spacial score (nSPS) is 16.5. The Morgan fingerprint density at radius 1 is 0.949 bits per heavy atom. The van der Waals surface area contributed by atoms with Gasteiger partial charge in [0.1, 0.15) is 17.3 Å². The van der Waals surface area contributed by atoms with Gasteiger partial charge in [0, 0.05) is 16.8 Å². The number of carbonyl (C=O) groups is 3. The SMILES string of the molecule is CCOc1ccc(/C(O)=C2\C(=O)C(=O)N(c3ccc(C(=O)OC)cc3)C2c2ccccc2OC)cc1C(C)C. The number of hydrogen-bond donors (Lipinski definition) is 1. The molecule has 1 heterocycles. The molecule has 0 aliphatic carbocycles. The lowest BCUT2D eigenvalue weighted by Crippen LogP contribution is -2.29. The summed E-state index contributed by atoms with van der Waals surface area (Å²) in [5.41, 5.74) is 2.37. The van der Waals surface area contributed by atoms with E-state index in [0.717, 1.165) is 5.56 Å². The monoisotopic (exact) mass is 529 g/mol. The number of ketones is 1. The second-order valence-corrected chi connectivity index (χ2v) is 9.29. The fraction of sp³-hybridized carbons (Fsp3) is 0.258. The number of para-hydroxylation sites is 1. The molecule has 0 spiro atoms. The van der Waals surface area contributed by atoms with Crippen molar-refractivity contribution in [1.82, 2.24) is 0 Å². The number of esters is 1. The van der Waals surface area contributed by atoms with Crippen LogP contribution in [0, 0.1) is 0 Å². The minimum absolute atomic E-state index is 0.0691. The highest BCUT2D eigenvalue weighted by atomic mass is 16.5. The van der Waals surface area contributed by atoms with Gasteiger partial charge in [0.05, 0.1) is 38.0 Å². The molecule has 0 saturated carbocycles. The summed E-state index contributed by atoms with van der Waals surface area (Å²) in [6, 6.07) is 17.4. The number of anilines is 1. The lowest BCUT2D eigenvalue weighted by atomic mass is 9.92. The van der Waals surface area contributed by atoms with Gasteiger partial charge in [-0.2, -0.15) is 0 Å². The summed E-state index contributed by atoms with van der Waals surface area (Å²) in [7, 11) is 2.78. The van der Waals surface area contributed by atoms with E-state index in [1.807, 2.05) is 20.8 Å². The van der Waals surface area contributed by atoms with E-state index in [4.69, 9.17) is 14.2 Å². The van der Waals surface area contributed by atoms with Crippen molar-refractivity contribution >= 4 is 29.1 Å². The number of hydrogen-bond acceptors (Lipinski definition) is 7. The molecule has 39 heavy (non-hydrogen) atoms. The first-order valence-corrected chi connectivity index (χ1v) is 12.6. The standard InChI is InChI=1S/C31H31NO7/c1-6-39-25-16-13-20(17-23(25)18(2)3)28(33)26-27(22-9-7-8-10-24(22)37-4)32(30(35)29(26)34)21-14-11-19(12-15-21)31(36)38-5/h7-18,27,33H,6H2,1-5H3/b28-26+. The van der Waals surface area contributed by atoms with Crippen molar-refractivity contribution in [3.8, 4) is 11.5 Å². The Hall–Kier alpha value is -4.59. The van der Waals surface area contributed by atoms with E-state index in [-0.39, 0.29) is 17.3 Å². The maximum Gasteiger partial charge on any atom is 0.337 e. The molecular weight excluding hydrogens is 498 g/mol. The summed E-state index contributed by atoms with van der Waals surface area (Å²) in [6.45, 7) is 6.39. The molecule has 3 aromatic rings. The first kappa shape index (κ1) is 27.4. The van der Waals surface area contributed by atoms with Crippen LogP contribution in [0.25, 0.3) is 5.76 Å². The number of ether oxygens (including phenoxy) is 3. The molecule has 8 nitrogen and oxygen atoms in total. The molecule has 1 fully saturated rings. The van der Waals surface area contributed by atoms with Crippen LogP contribution in [0.5, 0.6) is 11.5 Å².